The topological polar surface area (TPSA) is 132 Å². The van der Waals surface area contributed by atoms with Gasteiger partial charge >= 0.3 is 18.2 Å². The number of benzene rings is 1. The number of carbonyl (C=O) groups excluding carboxylic acids is 4. The summed E-state index contributed by atoms with van der Waals surface area (Å²) in [6.45, 7) is 7.13. The fraction of sp³-hybridized carbons (Fsp3) is 0.565. The Kier molecular flexibility index (Phi) is 11.7. The molecule has 0 aromatic heterocycles. The molecular formula is C23H35N3O7. The van der Waals surface area contributed by atoms with Crippen molar-refractivity contribution in [3.63, 3.8) is 0 Å². The molecule has 0 unspecified atom stereocenters. The standard InChI is InChI=1S/C23H35N3O7/c1-16(20(28)31-5)25-19(27)18(26-22(30)33-23(2,3)4)13-9-10-14-24-21(29)32-15-17-11-7-6-8-12-17/h6-8,11-12,16,18H,9-10,13-15H2,1-5H3,(H,24,29)(H,25,27)(H,26,30)/t16-,18-/m0/s1. The molecule has 0 saturated carbocycles. The highest BCUT2D eigenvalue weighted by Crippen LogP contribution is 2.09. The average molecular weight is 466 g/mol. The second-order valence-corrected chi connectivity index (χ2v) is 8.44. The van der Waals surface area contributed by atoms with E-state index in [2.05, 4.69) is 20.7 Å². The molecule has 0 saturated heterocycles. The number of nitrogens with one attached hydrogen (secondary N) is 3. The third-order valence-corrected chi connectivity index (χ3v) is 4.32. The molecular weight excluding hydrogens is 430 g/mol. The number of methoxy groups -OCH3 is 1. The molecule has 0 bridgehead atoms. The Hall–Kier alpha value is -3.30. The van der Waals surface area contributed by atoms with Crippen LogP contribution in [-0.4, -0.2) is 55.4 Å². The minimum absolute atomic E-state index is 0.174. The number of carbonyl (C=O) groups is 4. The maximum absolute atomic E-state index is 12.6. The Balaban J connectivity index is 2.48. The SMILES string of the molecule is COC(=O)[C@H](C)NC(=O)[C@H](CCCCNC(=O)OCc1ccccc1)NC(=O)OC(C)(C)C. The molecule has 0 aliphatic heterocycles. The molecule has 0 radical (unpaired) electrons. The summed E-state index contributed by atoms with van der Waals surface area (Å²) >= 11 is 0. The number of esters is 1. The summed E-state index contributed by atoms with van der Waals surface area (Å²) in [5, 5.41) is 7.70. The summed E-state index contributed by atoms with van der Waals surface area (Å²) < 4.78 is 15.0. The van der Waals surface area contributed by atoms with Crippen LogP contribution < -0.4 is 16.0 Å². The zero-order chi connectivity index (χ0) is 24.9. The zero-order valence-corrected chi connectivity index (χ0v) is 19.9. The van der Waals surface area contributed by atoms with Crippen LogP contribution in [0.1, 0.15) is 52.5 Å². The summed E-state index contributed by atoms with van der Waals surface area (Å²) in [6, 6.07) is 7.53. The van der Waals surface area contributed by atoms with E-state index in [4.69, 9.17) is 9.47 Å². The normalized spacial score (nSPS) is 12.6. The first-order valence-corrected chi connectivity index (χ1v) is 10.8. The number of rotatable bonds is 11. The van der Waals surface area contributed by atoms with Gasteiger partial charge in [-0.15, -0.1) is 0 Å². The third kappa shape index (κ3) is 12.4. The maximum Gasteiger partial charge on any atom is 0.408 e. The van der Waals surface area contributed by atoms with E-state index >= 15 is 0 Å². The highest BCUT2D eigenvalue weighted by atomic mass is 16.6. The second kappa shape index (κ2) is 14.0. The number of amides is 3. The van der Waals surface area contributed by atoms with Crippen LogP contribution in [0.15, 0.2) is 30.3 Å². The van der Waals surface area contributed by atoms with Gasteiger partial charge in [0.25, 0.3) is 0 Å². The van der Waals surface area contributed by atoms with Gasteiger partial charge in [0, 0.05) is 6.54 Å². The smallest absolute Gasteiger partial charge is 0.408 e. The lowest BCUT2D eigenvalue weighted by atomic mass is 10.1. The minimum Gasteiger partial charge on any atom is -0.467 e. The average Bonchev–Trinajstić information content (AvgIpc) is 2.75. The molecule has 184 valence electrons. The Morgan fingerprint density at radius 2 is 1.64 bits per heavy atom. The van der Waals surface area contributed by atoms with Crippen molar-refractivity contribution in [2.24, 2.45) is 0 Å². The Morgan fingerprint density at radius 3 is 2.24 bits per heavy atom. The highest BCUT2D eigenvalue weighted by molar-refractivity contribution is 5.89. The quantitative estimate of drug-likeness (QED) is 0.260. The van der Waals surface area contributed by atoms with Crippen LogP contribution in [0.2, 0.25) is 0 Å². The molecule has 10 nitrogen and oxygen atoms in total. The Bertz CT molecular complexity index is 778. The van der Waals surface area contributed by atoms with Crippen molar-refractivity contribution in [3.05, 3.63) is 35.9 Å². The molecule has 3 amide bonds. The molecule has 0 aliphatic carbocycles. The van der Waals surface area contributed by atoms with Crippen molar-refractivity contribution in [3.8, 4) is 0 Å². The molecule has 1 aromatic rings. The number of hydrogen-bond acceptors (Lipinski definition) is 7. The first-order chi connectivity index (χ1) is 15.5. The fourth-order valence-electron chi connectivity index (χ4n) is 2.71. The van der Waals surface area contributed by atoms with Crippen molar-refractivity contribution < 1.29 is 33.4 Å². The van der Waals surface area contributed by atoms with Crippen molar-refractivity contribution in [1.82, 2.24) is 16.0 Å². The summed E-state index contributed by atoms with van der Waals surface area (Å²) in [6.07, 6.45) is 0.0641. The molecule has 1 rings (SSSR count). The summed E-state index contributed by atoms with van der Waals surface area (Å²) in [4.78, 5) is 48.1. The van der Waals surface area contributed by atoms with Crippen molar-refractivity contribution in [2.45, 2.75) is 71.2 Å². The van der Waals surface area contributed by atoms with Gasteiger partial charge in [0.2, 0.25) is 5.91 Å². The van der Waals surface area contributed by atoms with Crippen LogP contribution >= 0.6 is 0 Å². The molecule has 10 heteroatoms. The van der Waals surface area contributed by atoms with Gasteiger partial charge in [-0.1, -0.05) is 30.3 Å². The number of hydrogen-bond donors (Lipinski definition) is 3. The number of alkyl carbamates (subject to hydrolysis) is 2. The van der Waals surface area contributed by atoms with Crippen LogP contribution in [0.25, 0.3) is 0 Å². The van der Waals surface area contributed by atoms with Crippen molar-refractivity contribution in [1.29, 1.82) is 0 Å². The van der Waals surface area contributed by atoms with Gasteiger partial charge in [0.05, 0.1) is 7.11 Å². The molecule has 0 aliphatic rings. The van der Waals surface area contributed by atoms with Gasteiger partial charge in [0.1, 0.15) is 24.3 Å². The summed E-state index contributed by atoms with van der Waals surface area (Å²) in [7, 11) is 1.22. The van der Waals surface area contributed by atoms with Crippen LogP contribution in [0.3, 0.4) is 0 Å². The monoisotopic (exact) mass is 465 g/mol. The number of unbranched alkanes of at least 4 members (excludes halogenated alkanes) is 1. The van der Waals surface area contributed by atoms with E-state index in [-0.39, 0.29) is 13.0 Å². The Morgan fingerprint density at radius 1 is 0.970 bits per heavy atom. The Labute approximate surface area is 194 Å². The van der Waals surface area contributed by atoms with Crippen LogP contribution in [-0.2, 0) is 30.4 Å². The van der Waals surface area contributed by atoms with Gasteiger partial charge in [0.15, 0.2) is 0 Å². The number of ether oxygens (including phenoxy) is 3. The highest BCUT2D eigenvalue weighted by Gasteiger charge is 2.26. The van der Waals surface area contributed by atoms with Gasteiger partial charge in [-0.25, -0.2) is 14.4 Å². The van der Waals surface area contributed by atoms with E-state index in [9.17, 15) is 19.2 Å². The van der Waals surface area contributed by atoms with E-state index in [0.29, 0.717) is 19.4 Å². The van der Waals surface area contributed by atoms with Crippen molar-refractivity contribution >= 4 is 24.1 Å². The molecule has 2 atom stereocenters. The maximum atomic E-state index is 12.6. The van der Waals surface area contributed by atoms with Gasteiger partial charge in [-0.2, -0.15) is 0 Å². The van der Waals surface area contributed by atoms with E-state index in [1.807, 2.05) is 30.3 Å². The van der Waals surface area contributed by atoms with Crippen molar-refractivity contribution in [2.75, 3.05) is 13.7 Å². The first kappa shape index (κ1) is 27.7. The lowest BCUT2D eigenvalue weighted by molar-refractivity contribution is -0.144. The predicted molar refractivity (Wildman–Crippen MR) is 121 cm³/mol. The largest absolute Gasteiger partial charge is 0.467 e. The van der Waals surface area contributed by atoms with Gasteiger partial charge in [-0.05, 0) is 52.5 Å². The van der Waals surface area contributed by atoms with Crippen LogP contribution in [0, 0.1) is 0 Å². The molecule has 33 heavy (non-hydrogen) atoms. The molecule has 0 fully saturated rings. The van der Waals surface area contributed by atoms with Crippen LogP contribution in [0.4, 0.5) is 9.59 Å². The molecule has 0 spiro atoms. The summed E-state index contributed by atoms with van der Waals surface area (Å²) in [5.41, 5.74) is 0.157. The van der Waals surface area contributed by atoms with E-state index in [1.54, 1.807) is 20.8 Å². The molecule has 0 heterocycles. The lowest BCUT2D eigenvalue weighted by Gasteiger charge is -2.24. The summed E-state index contributed by atoms with van der Waals surface area (Å²) in [5.74, 6) is -1.13. The molecule has 1 aromatic carbocycles. The predicted octanol–water partition coefficient (Wildman–Crippen LogP) is 2.65. The molecule has 3 N–H and O–H groups in total. The van der Waals surface area contributed by atoms with E-state index in [0.717, 1.165) is 5.56 Å². The van der Waals surface area contributed by atoms with Gasteiger partial charge in [-0.3, -0.25) is 4.79 Å². The minimum atomic E-state index is -0.919. The first-order valence-electron chi connectivity index (χ1n) is 10.8. The van der Waals surface area contributed by atoms with E-state index < -0.39 is 41.7 Å². The second-order valence-electron chi connectivity index (χ2n) is 8.44. The van der Waals surface area contributed by atoms with E-state index in [1.165, 1.54) is 14.0 Å². The third-order valence-electron chi connectivity index (χ3n) is 4.32. The lowest BCUT2D eigenvalue weighted by Crippen LogP contribution is -2.51. The van der Waals surface area contributed by atoms with Gasteiger partial charge < -0.3 is 30.2 Å². The van der Waals surface area contributed by atoms with Crippen LogP contribution in [0.5, 0.6) is 0 Å². The fourth-order valence-corrected chi connectivity index (χ4v) is 2.71. The zero-order valence-electron chi connectivity index (χ0n) is 19.9.